The van der Waals surface area contributed by atoms with Crippen molar-refractivity contribution in [2.75, 3.05) is 13.1 Å². The quantitative estimate of drug-likeness (QED) is 0.744. The van der Waals surface area contributed by atoms with Crippen molar-refractivity contribution >= 4 is 16.9 Å². The number of furan rings is 1. The maximum absolute atomic E-state index is 12.7. The van der Waals surface area contributed by atoms with Gasteiger partial charge in [-0.25, -0.2) is 0 Å². The second-order valence-corrected chi connectivity index (χ2v) is 7.14. The fourth-order valence-electron chi connectivity index (χ4n) is 3.87. The smallest absolute Gasteiger partial charge is 0.287 e. The van der Waals surface area contributed by atoms with E-state index in [4.69, 9.17) is 4.42 Å². The van der Waals surface area contributed by atoms with Gasteiger partial charge in [0.1, 0.15) is 12.1 Å². The second-order valence-electron chi connectivity index (χ2n) is 7.14. The molecule has 1 aliphatic rings. The van der Waals surface area contributed by atoms with Gasteiger partial charge in [0.2, 0.25) is 0 Å². The molecule has 0 spiro atoms. The van der Waals surface area contributed by atoms with Gasteiger partial charge in [-0.2, -0.15) is 0 Å². The van der Waals surface area contributed by atoms with Crippen LogP contribution in [0.2, 0.25) is 0 Å². The molecule has 26 heavy (non-hydrogen) atoms. The number of amides is 1. The topological polar surface area (TPSA) is 46.7 Å². The van der Waals surface area contributed by atoms with E-state index < -0.39 is 0 Å². The molecule has 1 aliphatic heterocycles. The summed E-state index contributed by atoms with van der Waals surface area (Å²) in [4.78, 5) is 14.3. The largest absolute Gasteiger partial charge is 0.451 e. The Morgan fingerprint density at radius 2 is 1.73 bits per heavy atom. The summed E-state index contributed by atoms with van der Waals surface area (Å²) < 4.78 is 5.77. The molecule has 0 aliphatic carbocycles. The van der Waals surface area contributed by atoms with Crippen LogP contribution in [-0.4, -0.2) is 19.0 Å². The number of benzene rings is 2. The van der Waals surface area contributed by atoms with E-state index in [1.54, 1.807) is 4.90 Å². The Morgan fingerprint density at radius 1 is 1.04 bits per heavy atom. The highest BCUT2D eigenvalue weighted by molar-refractivity contribution is 5.98. The van der Waals surface area contributed by atoms with Crippen molar-refractivity contribution in [3.63, 3.8) is 0 Å². The highest BCUT2D eigenvalue weighted by Crippen LogP contribution is 2.24. The minimum atomic E-state index is -0.151. The number of hydrogen-bond donors (Lipinski definition) is 2. The monoisotopic (exact) mass is 349 g/mol. The first-order chi connectivity index (χ1) is 12.7. The van der Waals surface area contributed by atoms with E-state index in [9.17, 15) is 4.79 Å². The Labute approximate surface area is 153 Å². The highest BCUT2D eigenvalue weighted by atomic mass is 16.3. The van der Waals surface area contributed by atoms with Crippen molar-refractivity contribution in [2.45, 2.75) is 32.9 Å². The highest BCUT2D eigenvalue weighted by Gasteiger charge is 2.19. The molecule has 2 aromatic carbocycles. The average Bonchev–Trinajstić information content (AvgIpc) is 3.29. The molecule has 0 radical (unpaired) electrons. The van der Waals surface area contributed by atoms with Gasteiger partial charge in [-0.3, -0.25) is 4.79 Å². The van der Waals surface area contributed by atoms with Crippen molar-refractivity contribution < 1.29 is 14.1 Å². The fourth-order valence-corrected chi connectivity index (χ4v) is 3.87. The summed E-state index contributed by atoms with van der Waals surface area (Å²) in [5, 5.41) is 4.04. The standard InChI is InChI=1S/C22H24N2O2/c1-16-19-10-4-5-11-20(19)26-21(16)22(25)23-14-17-8-2-3-9-18(17)15-24-12-6-7-13-24/h2-5,8-11H,6-7,12-15H2,1H3,(H,23,25)/p+1. The number of nitrogens with one attached hydrogen (secondary N) is 2. The zero-order valence-corrected chi connectivity index (χ0v) is 15.2. The summed E-state index contributed by atoms with van der Waals surface area (Å²) in [6, 6.07) is 16.2. The van der Waals surface area contributed by atoms with E-state index in [2.05, 4.69) is 23.5 Å². The maximum atomic E-state index is 12.7. The molecular weight excluding hydrogens is 324 g/mol. The van der Waals surface area contributed by atoms with Crippen LogP contribution in [0.25, 0.3) is 11.0 Å². The Hall–Kier alpha value is -2.59. The van der Waals surface area contributed by atoms with Crippen LogP contribution in [0.3, 0.4) is 0 Å². The van der Waals surface area contributed by atoms with Gasteiger partial charge in [0, 0.05) is 35.9 Å². The molecule has 0 bridgehead atoms. The summed E-state index contributed by atoms with van der Waals surface area (Å²) in [6.45, 7) is 6.00. The van der Waals surface area contributed by atoms with Crippen LogP contribution in [-0.2, 0) is 13.1 Å². The third kappa shape index (κ3) is 3.37. The maximum Gasteiger partial charge on any atom is 0.287 e. The lowest BCUT2D eigenvalue weighted by Crippen LogP contribution is -3.08. The van der Waals surface area contributed by atoms with Gasteiger partial charge < -0.3 is 14.6 Å². The molecule has 1 fully saturated rings. The summed E-state index contributed by atoms with van der Waals surface area (Å²) in [6.07, 6.45) is 2.64. The summed E-state index contributed by atoms with van der Waals surface area (Å²) >= 11 is 0. The summed E-state index contributed by atoms with van der Waals surface area (Å²) in [5.74, 6) is 0.260. The molecule has 2 heterocycles. The van der Waals surface area contributed by atoms with Crippen LogP contribution < -0.4 is 10.2 Å². The van der Waals surface area contributed by atoms with Crippen molar-refractivity contribution in [3.05, 3.63) is 71.0 Å². The van der Waals surface area contributed by atoms with E-state index in [0.717, 1.165) is 23.1 Å². The number of fused-ring (bicyclic) bond motifs is 1. The Morgan fingerprint density at radius 3 is 2.50 bits per heavy atom. The molecule has 1 amide bonds. The minimum absolute atomic E-state index is 0.151. The number of carbonyl (C=O) groups excluding carboxylic acids is 1. The number of carbonyl (C=O) groups is 1. The lowest BCUT2D eigenvalue weighted by atomic mass is 10.1. The lowest BCUT2D eigenvalue weighted by molar-refractivity contribution is -0.901. The number of rotatable bonds is 5. The number of aryl methyl sites for hydroxylation is 1. The fraction of sp³-hybridized carbons (Fsp3) is 0.318. The molecule has 2 N–H and O–H groups in total. The van der Waals surface area contributed by atoms with E-state index in [0.29, 0.717) is 12.3 Å². The predicted octanol–water partition coefficient (Wildman–Crippen LogP) is 2.85. The molecule has 4 nitrogen and oxygen atoms in total. The molecule has 0 atom stereocenters. The molecule has 134 valence electrons. The van der Waals surface area contributed by atoms with Gasteiger partial charge in [-0.15, -0.1) is 0 Å². The van der Waals surface area contributed by atoms with Gasteiger partial charge in [-0.1, -0.05) is 42.5 Å². The van der Waals surface area contributed by atoms with Gasteiger partial charge in [0.05, 0.1) is 13.1 Å². The van der Waals surface area contributed by atoms with Crippen LogP contribution in [0.5, 0.6) is 0 Å². The lowest BCUT2D eigenvalue weighted by Gasteiger charge is -2.15. The first-order valence-electron chi connectivity index (χ1n) is 9.39. The number of para-hydroxylation sites is 1. The SMILES string of the molecule is Cc1c(C(=O)NCc2ccccc2C[NH+]2CCCC2)oc2ccccc12. The molecular formula is C22H25N2O2+. The summed E-state index contributed by atoms with van der Waals surface area (Å²) in [7, 11) is 0. The molecule has 4 heteroatoms. The van der Waals surface area contributed by atoms with Crippen LogP contribution in [0, 0.1) is 6.92 Å². The molecule has 4 rings (SSSR count). The van der Waals surface area contributed by atoms with E-state index in [-0.39, 0.29) is 5.91 Å². The zero-order chi connectivity index (χ0) is 17.9. The van der Waals surface area contributed by atoms with Crippen molar-refractivity contribution in [3.8, 4) is 0 Å². The van der Waals surface area contributed by atoms with Crippen molar-refractivity contribution in [2.24, 2.45) is 0 Å². The van der Waals surface area contributed by atoms with E-state index in [1.807, 2.05) is 37.3 Å². The molecule has 3 aromatic rings. The Kier molecular flexibility index (Phi) is 4.76. The number of likely N-dealkylation sites (tertiary alicyclic amines) is 1. The third-order valence-electron chi connectivity index (χ3n) is 5.36. The predicted molar refractivity (Wildman–Crippen MR) is 102 cm³/mol. The third-order valence-corrected chi connectivity index (χ3v) is 5.36. The Bertz CT molecular complexity index is 923. The van der Waals surface area contributed by atoms with E-state index >= 15 is 0 Å². The second kappa shape index (κ2) is 7.34. The Balaban J connectivity index is 1.48. The zero-order valence-electron chi connectivity index (χ0n) is 15.2. The van der Waals surface area contributed by atoms with Gasteiger partial charge >= 0.3 is 0 Å². The minimum Gasteiger partial charge on any atom is -0.451 e. The normalized spacial score (nSPS) is 14.8. The van der Waals surface area contributed by atoms with Crippen LogP contribution in [0.4, 0.5) is 0 Å². The number of quaternary nitrogens is 1. The van der Waals surface area contributed by atoms with E-state index in [1.165, 1.54) is 37.1 Å². The van der Waals surface area contributed by atoms with Crippen LogP contribution in [0.1, 0.15) is 40.1 Å². The van der Waals surface area contributed by atoms with Gasteiger partial charge in [-0.05, 0) is 18.6 Å². The van der Waals surface area contributed by atoms with Gasteiger partial charge in [0.25, 0.3) is 5.91 Å². The van der Waals surface area contributed by atoms with Crippen LogP contribution in [0.15, 0.2) is 52.9 Å². The van der Waals surface area contributed by atoms with Crippen molar-refractivity contribution in [1.29, 1.82) is 0 Å². The first-order valence-corrected chi connectivity index (χ1v) is 9.39. The molecule has 0 saturated carbocycles. The number of hydrogen-bond acceptors (Lipinski definition) is 2. The summed E-state index contributed by atoms with van der Waals surface area (Å²) in [5.41, 5.74) is 4.17. The van der Waals surface area contributed by atoms with Gasteiger partial charge in [0.15, 0.2) is 5.76 Å². The van der Waals surface area contributed by atoms with Crippen molar-refractivity contribution in [1.82, 2.24) is 5.32 Å². The average molecular weight is 349 g/mol. The molecule has 1 saturated heterocycles. The molecule has 0 unspecified atom stereocenters. The van der Waals surface area contributed by atoms with Crippen LogP contribution >= 0.6 is 0 Å². The first kappa shape index (κ1) is 16.9. The molecule has 1 aromatic heterocycles.